The number of halogens is 5. The van der Waals surface area contributed by atoms with E-state index in [0.717, 1.165) is 18.3 Å². The SMILES string of the molecule is Fc1cc(C(F)(F)F)ccc1-c1cnccc1F. The van der Waals surface area contributed by atoms with Gasteiger partial charge in [-0.15, -0.1) is 0 Å². The van der Waals surface area contributed by atoms with Crippen LogP contribution < -0.4 is 0 Å². The standard InChI is InChI=1S/C12H6F5N/c13-10-3-4-18-6-9(10)8-2-1-7(5-11(8)14)12(15,16)17/h1-6H. The number of alkyl halides is 3. The second kappa shape index (κ2) is 4.36. The lowest BCUT2D eigenvalue weighted by molar-refractivity contribution is -0.137. The van der Waals surface area contributed by atoms with Crippen LogP contribution in [0.4, 0.5) is 22.0 Å². The van der Waals surface area contributed by atoms with Gasteiger partial charge in [0, 0.05) is 23.5 Å². The van der Waals surface area contributed by atoms with E-state index >= 15 is 0 Å². The van der Waals surface area contributed by atoms with Gasteiger partial charge in [-0.05, 0) is 18.2 Å². The smallest absolute Gasteiger partial charge is 0.264 e. The highest BCUT2D eigenvalue weighted by molar-refractivity contribution is 5.64. The Balaban J connectivity index is 2.52. The molecule has 0 amide bonds. The minimum atomic E-state index is -4.63. The number of benzene rings is 1. The summed E-state index contributed by atoms with van der Waals surface area (Å²) in [5.41, 5.74) is -1.55. The van der Waals surface area contributed by atoms with Crippen molar-refractivity contribution in [1.29, 1.82) is 0 Å². The van der Waals surface area contributed by atoms with Crippen LogP contribution in [0.25, 0.3) is 11.1 Å². The predicted molar refractivity (Wildman–Crippen MR) is 54.6 cm³/mol. The second-order valence-electron chi connectivity index (χ2n) is 3.55. The van der Waals surface area contributed by atoms with Gasteiger partial charge >= 0.3 is 6.18 Å². The first-order valence-corrected chi connectivity index (χ1v) is 4.86. The summed E-state index contributed by atoms with van der Waals surface area (Å²) in [6.45, 7) is 0. The molecule has 0 saturated heterocycles. The van der Waals surface area contributed by atoms with Gasteiger partial charge in [0.2, 0.25) is 0 Å². The van der Waals surface area contributed by atoms with Crippen LogP contribution in [0.2, 0.25) is 0 Å². The maximum Gasteiger partial charge on any atom is 0.416 e. The predicted octanol–water partition coefficient (Wildman–Crippen LogP) is 4.05. The lowest BCUT2D eigenvalue weighted by Gasteiger charge is -2.09. The summed E-state index contributed by atoms with van der Waals surface area (Å²) in [6, 6.07) is 2.93. The molecular weight excluding hydrogens is 253 g/mol. The molecule has 0 spiro atoms. The molecule has 1 aromatic carbocycles. The fourth-order valence-corrected chi connectivity index (χ4v) is 1.49. The van der Waals surface area contributed by atoms with E-state index in [2.05, 4.69) is 4.98 Å². The topological polar surface area (TPSA) is 12.9 Å². The first kappa shape index (κ1) is 12.5. The summed E-state index contributed by atoms with van der Waals surface area (Å²) in [4.78, 5) is 3.61. The van der Waals surface area contributed by atoms with Crippen LogP contribution in [0.1, 0.15) is 5.56 Å². The Hall–Kier alpha value is -1.98. The van der Waals surface area contributed by atoms with Crippen LogP contribution in [0.3, 0.4) is 0 Å². The summed E-state index contributed by atoms with van der Waals surface area (Å²) in [5.74, 6) is -1.89. The molecule has 0 N–H and O–H groups in total. The van der Waals surface area contributed by atoms with E-state index < -0.39 is 23.4 Å². The zero-order valence-corrected chi connectivity index (χ0v) is 8.80. The van der Waals surface area contributed by atoms with Gasteiger partial charge in [0.15, 0.2) is 0 Å². The molecule has 0 aliphatic carbocycles. The van der Waals surface area contributed by atoms with Crippen molar-refractivity contribution in [2.75, 3.05) is 0 Å². The van der Waals surface area contributed by atoms with Gasteiger partial charge in [-0.3, -0.25) is 4.98 Å². The molecule has 1 aromatic heterocycles. The Morgan fingerprint density at radius 3 is 2.17 bits per heavy atom. The third-order valence-corrected chi connectivity index (χ3v) is 2.35. The van der Waals surface area contributed by atoms with E-state index in [1.54, 1.807) is 0 Å². The van der Waals surface area contributed by atoms with Crippen molar-refractivity contribution in [1.82, 2.24) is 4.98 Å². The van der Waals surface area contributed by atoms with Crippen LogP contribution in [0.5, 0.6) is 0 Å². The maximum atomic E-state index is 13.6. The monoisotopic (exact) mass is 259 g/mol. The van der Waals surface area contributed by atoms with Crippen LogP contribution in [-0.4, -0.2) is 4.98 Å². The zero-order chi connectivity index (χ0) is 13.3. The summed E-state index contributed by atoms with van der Waals surface area (Å²) in [6.07, 6.45) is -2.41. The van der Waals surface area contributed by atoms with Crippen molar-refractivity contribution >= 4 is 0 Å². The number of hydrogen-bond donors (Lipinski definition) is 0. The number of rotatable bonds is 1. The van der Waals surface area contributed by atoms with E-state index in [1.165, 1.54) is 6.20 Å². The van der Waals surface area contributed by atoms with Gasteiger partial charge in [0.05, 0.1) is 5.56 Å². The van der Waals surface area contributed by atoms with Crippen molar-refractivity contribution in [2.24, 2.45) is 0 Å². The second-order valence-corrected chi connectivity index (χ2v) is 3.55. The molecule has 2 rings (SSSR count). The lowest BCUT2D eigenvalue weighted by Crippen LogP contribution is -2.05. The molecule has 1 heterocycles. The number of nitrogens with zero attached hydrogens (tertiary/aromatic N) is 1. The zero-order valence-electron chi connectivity index (χ0n) is 8.80. The van der Waals surface area contributed by atoms with Crippen molar-refractivity contribution in [2.45, 2.75) is 6.18 Å². The summed E-state index contributed by atoms with van der Waals surface area (Å²) in [5, 5.41) is 0. The van der Waals surface area contributed by atoms with E-state index in [-0.39, 0.29) is 11.1 Å². The molecule has 0 aliphatic rings. The van der Waals surface area contributed by atoms with Gasteiger partial charge in [-0.2, -0.15) is 13.2 Å². The molecule has 0 aliphatic heterocycles. The van der Waals surface area contributed by atoms with E-state index in [4.69, 9.17) is 0 Å². The van der Waals surface area contributed by atoms with Crippen LogP contribution in [0, 0.1) is 11.6 Å². The van der Waals surface area contributed by atoms with Crippen LogP contribution in [0.15, 0.2) is 36.7 Å². The molecule has 6 heteroatoms. The number of pyridine rings is 1. The molecule has 0 saturated carbocycles. The molecule has 94 valence electrons. The Bertz CT molecular complexity index is 577. The Kier molecular flexibility index (Phi) is 3.02. The van der Waals surface area contributed by atoms with Gasteiger partial charge < -0.3 is 0 Å². The summed E-state index contributed by atoms with van der Waals surface area (Å²) in [7, 11) is 0. The average Bonchev–Trinajstić information content (AvgIpc) is 2.29. The average molecular weight is 259 g/mol. The molecule has 0 radical (unpaired) electrons. The van der Waals surface area contributed by atoms with Crippen LogP contribution in [-0.2, 0) is 6.18 Å². The summed E-state index contributed by atoms with van der Waals surface area (Å²) >= 11 is 0. The van der Waals surface area contributed by atoms with Crippen LogP contribution >= 0.6 is 0 Å². The van der Waals surface area contributed by atoms with E-state index in [0.29, 0.717) is 12.1 Å². The Morgan fingerprint density at radius 2 is 1.61 bits per heavy atom. The van der Waals surface area contributed by atoms with Gasteiger partial charge in [-0.25, -0.2) is 8.78 Å². The normalized spacial score (nSPS) is 11.6. The molecule has 18 heavy (non-hydrogen) atoms. The molecule has 2 aromatic rings. The van der Waals surface area contributed by atoms with Crippen molar-refractivity contribution < 1.29 is 22.0 Å². The third-order valence-electron chi connectivity index (χ3n) is 2.35. The minimum Gasteiger partial charge on any atom is -0.264 e. The number of hydrogen-bond acceptors (Lipinski definition) is 1. The van der Waals surface area contributed by atoms with Crippen molar-refractivity contribution in [3.05, 3.63) is 53.9 Å². The van der Waals surface area contributed by atoms with E-state index in [1.807, 2.05) is 0 Å². The Labute approximate surface area is 98.9 Å². The molecule has 0 fully saturated rings. The van der Waals surface area contributed by atoms with Gasteiger partial charge in [0.25, 0.3) is 0 Å². The molecular formula is C12H6F5N. The van der Waals surface area contributed by atoms with Gasteiger partial charge in [0.1, 0.15) is 11.6 Å². The highest BCUT2D eigenvalue weighted by Crippen LogP contribution is 2.33. The fourth-order valence-electron chi connectivity index (χ4n) is 1.49. The first-order valence-electron chi connectivity index (χ1n) is 4.86. The highest BCUT2D eigenvalue weighted by atomic mass is 19.4. The third kappa shape index (κ3) is 2.32. The van der Waals surface area contributed by atoms with Gasteiger partial charge in [-0.1, -0.05) is 6.07 Å². The molecule has 0 unspecified atom stereocenters. The first-order chi connectivity index (χ1) is 8.39. The molecule has 0 atom stereocenters. The maximum absolute atomic E-state index is 13.6. The highest BCUT2D eigenvalue weighted by Gasteiger charge is 2.31. The number of aromatic nitrogens is 1. The molecule has 0 bridgehead atoms. The minimum absolute atomic E-state index is 0.177. The van der Waals surface area contributed by atoms with E-state index in [9.17, 15) is 22.0 Å². The quantitative estimate of drug-likeness (QED) is 0.704. The summed E-state index contributed by atoms with van der Waals surface area (Å²) < 4.78 is 63.9. The lowest BCUT2D eigenvalue weighted by atomic mass is 10.0. The van der Waals surface area contributed by atoms with Crippen molar-refractivity contribution in [3.63, 3.8) is 0 Å². The Morgan fingerprint density at radius 1 is 0.889 bits per heavy atom. The fraction of sp³-hybridized carbons (Fsp3) is 0.0833. The largest absolute Gasteiger partial charge is 0.416 e. The van der Waals surface area contributed by atoms with Crippen molar-refractivity contribution in [3.8, 4) is 11.1 Å². The molecule has 1 nitrogen and oxygen atoms in total.